The third kappa shape index (κ3) is 3.36. The molecule has 1 aromatic rings. The molecule has 1 saturated heterocycles. The predicted octanol–water partition coefficient (Wildman–Crippen LogP) is 1.76. The molecule has 0 aromatic carbocycles. The Morgan fingerprint density at radius 2 is 2.26 bits per heavy atom. The van der Waals surface area contributed by atoms with E-state index in [9.17, 15) is 9.59 Å². The number of H-pyrrole nitrogens is 1. The van der Waals surface area contributed by atoms with E-state index in [-0.39, 0.29) is 13.4 Å². The number of nitrogens with zero attached hydrogens (tertiary/aromatic N) is 1. The zero-order valence-corrected chi connectivity index (χ0v) is 11.6. The van der Waals surface area contributed by atoms with E-state index in [2.05, 4.69) is 10.9 Å². The Hall–Kier alpha value is -1.80. The number of hydrogen-bond donors (Lipinski definition) is 1. The van der Waals surface area contributed by atoms with E-state index in [1.807, 2.05) is 20.8 Å². The second kappa shape index (κ2) is 6.95. The van der Waals surface area contributed by atoms with Crippen molar-refractivity contribution < 1.29 is 6.16 Å². The first-order valence-electron chi connectivity index (χ1n) is 6.58. The van der Waals surface area contributed by atoms with Gasteiger partial charge in [0.2, 0.25) is 0 Å². The minimum atomic E-state index is -0.487. The lowest BCUT2D eigenvalue weighted by atomic mass is 10.0. The van der Waals surface area contributed by atoms with E-state index >= 15 is 0 Å². The second-order valence-electron chi connectivity index (χ2n) is 4.08. The lowest BCUT2D eigenvalue weighted by Gasteiger charge is -2.16. The Kier molecular flexibility index (Phi) is 5.58. The largest absolute Gasteiger partial charge is 0.353 e. The van der Waals surface area contributed by atoms with Gasteiger partial charge in [-0.2, -0.15) is 0 Å². The minimum absolute atomic E-state index is 0. The molecule has 0 bridgehead atoms. The summed E-state index contributed by atoms with van der Waals surface area (Å²) in [4.78, 5) is 24.8. The average molecular weight is 266 g/mol. The summed E-state index contributed by atoms with van der Waals surface area (Å²) in [6.45, 7) is 6.01. The van der Waals surface area contributed by atoms with Crippen LogP contribution in [0.25, 0.3) is 0 Å². The number of aromatic nitrogens is 2. The van der Waals surface area contributed by atoms with Gasteiger partial charge in [-0.1, -0.05) is 26.7 Å². The second-order valence-corrected chi connectivity index (χ2v) is 4.08. The highest BCUT2D eigenvalue weighted by atomic mass is 16.5. The van der Waals surface area contributed by atoms with Gasteiger partial charge in [-0.25, -0.2) is 4.79 Å². The van der Waals surface area contributed by atoms with E-state index in [0.29, 0.717) is 0 Å². The van der Waals surface area contributed by atoms with Crippen molar-refractivity contribution in [3.05, 3.63) is 33.1 Å². The Morgan fingerprint density at radius 3 is 2.79 bits per heavy atom. The number of aromatic amines is 1. The Balaban J connectivity index is 0.00000115. The number of rotatable bonds is 2. The van der Waals surface area contributed by atoms with Gasteiger partial charge in [-0.05, 0) is 12.8 Å². The number of terminal acetylenes is 1. The molecule has 106 valence electrons. The molecule has 5 heteroatoms. The standard InChI is InChI=1S/C12H14N2O3.C2H6.H2/c1-3-8-7-9(4-2)17-11(8)14-6-5-10(15)13-12(14)16;1-2;/h1,5-6,8-9,11H,4,7H2,2H3,(H,13,15,16);1-2H3;1H/t8-,9+,11+;;/m0../s1. The fraction of sp³-hybridized carbons (Fsp3) is 0.571. The van der Waals surface area contributed by atoms with E-state index in [0.717, 1.165) is 12.8 Å². The summed E-state index contributed by atoms with van der Waals surface area (Å²) in [7, 11) is 0. The summed E-state index contributed by atoms with van der Waals surface area (Å²) in [6, 6.07) is 1.29. The minimum Gasteiger partial charge on any atom is -0.353 e. The molecule has 1 aliphatic heterocycles. The van der Waals surface area contributed by atoms with Crippen molar-refractivity contribution in [2.24, 2.45) is 5.92 Å². The van der Waals surface area contributed by atoms with Crippen molar-refractivity contribution >= 4 is 0 Å². The van der Waals surface area contributed by atoms with Crippen molar-refractivity contribution in [2.45, 2.75) is 45.9 Å². The first-order valence-corrected chi connectivity index (χ1v) is 6.58. The van der Waals surface area contributed by atoms with E-state index < -0.39 is 17.5 Å². The molecule has 5 nitrogen and oxygen atoms in total. The summed E-state index contributed by atoms with van der Waals surface area (Å²) in [5.41, 5.74) is -0.909. The van der Waals surface area contributed by atoms with Gasteiger partial charge in [0, 0.05) is 13.7 Å². The van der Waals surface area contributed by atoms with Gasteiger partial charge in [-0.3, -0.25) is 14.3 Å². The quantitative estimate of drug-likeness (QED) is 0.829. The summed E-state index contributed by atoms with van der Waals surface area (Å²) < 4.78 is 7.07. The molecule has 1 fully saturated rings. The molecule has 0 aliphatic carbocycles. The summed E-state index contributed by atoms with van der Waals surface area (Å²) >= 11 is 0. The average Bonchev–Trinajstić information content (AvgIpc) is 2.84. The number of hydrogen-bond acceptors (Lipinski definition) is 3. The third-order valence-corrected chi connectivity index (χ3v) is 2.99. The van der Waals surface area contributed by atoms with Gasteiger partial charge in [0.1, 0.15) is 0 Å². The molecule has 1 aromatic heterocycles. The Bertz CT molecular complexity index is 559. The van der Waals surface area contributed by atoms with Gasteiger partial charge in [0.15, 0.2) is 6.23 Å². The van der Waals surface area contributed by atoms with Gasteiger partial charge in [-0.15, -0.1) is 6.42 Å². The SMILES string of the molecule is C#C[C@H]1C[C@@H](CC)O[C@H]1n1ccc(=O)[nH]c1=O.CC.[HH]. The molecule has 0 amide bonds. The molecule has 0 spiro atoms. The molecule has 19 heavy (non-hydrogen) atoms. The van der Waals surface area contributed by atoms with Crippen molar-refractivity contribution in [3.8, 4) is 12.3 Å². The molecule has 2 heterocycles. The fourth-order valence-corrected chi connectivity index (χ4v) is 2.05. The van der Waals surface area contributed by atoms with Gasteiger partial charge < -0.3 is 4.74 Å². The van der Waals surface area contributed by atoms with Crippen LogP contribution in [-0.2, 0) is 4.74 Å². The number of nitrogens with one attached hydrogen (secondary N) is 1. The van der Waals surface area contributed by atoms with Crippen LogP contribution < -0.4 is 11.2 Å². The molecule has 1 aliphatic rings. The smallest absolute Gasteiger partial charge is 0.330 e. The van der Waals surface area contributed by atoms with Crippen LogP contribution in [0.15, 0.2) is 21.9 Å². The van der Waals surface area contributed by atoms with Gasteiger partial charge in [0.25, 0.3) is 5.56 Å². The zero-order chi connectivity index (χ0) is 14.4. The van der Waals surface area contributed by atoms with Crippen LogP contribution in [0, 0.1) is 18.3 Å². The highest BCUT2D eigenvalue weighted by molar-refractivity contribution is 5.01. The zero-order valence-electron chi connectivity index (χ0n) is 11.6. The van der Waals surface area contributed by atoms with Crippen LogP contribution in [0.3, 0.4) is 0 Å². The van der Waals surface area contributed by atoms with Crippen LogP contribution in [0.5, 0.6) is 0 Å². The molecule has 0 radical (unpaired) electrons. The van der Waals surface area contributed by atoms with Crippen LogP contribution in [0.4, 0.5) is 0 Å². The normalized spacial score (nSPS) is 25.3. The monoisotopic (exact) mass is 266 g/mol. The van der Waals surface area contributed by atoms with Crippen molar-refractivity contribution in [1.29, 1.82) is 0 Å². The summed E-state index contributed by atoms with van der Waals surface area (Å²) in [5, 5.41) is 0. The molecule has 3 atom stereocenters. The van der Waals surface area contributed by atoms with Gasteiger partial charge in [0.05, 0.1) is 12.0 Å². The first-order chi connectivity index (χ1) is 9.15. The lowest BCUT2D eigenvalue weighted by Crippen LogP contribution is -2.33. The maximum atomic E-state index is 11.6. The molecule has 0 saturated carbocycles. The molecule has 1 N–H and O–H groups in total. The topological polar surface area (TPSA) is 64.1 Å². The van der Waals surface area contributed by atoms with Crippen molar-refractivity contribution in [2.75, 3.05) is 0 Å². The maximum absolute atomic E-state index is 11.6. The summed E-state index contributed by atoms with van der Waals surface area (Å²) in [5.74, 6) is 2.51. The Labute approximate surface area is 114 Å². The number of ether oxygens (including phenoxy) is 1. The van der Waals surface area contributed by atoms with Crippen LogP contribution in [0.2, 0.25) is 0 Å². The predicted molar refractivity (Wildman–Crippen MR) is 75.9 cm³/mol. The van der Waals surface area contributed by atoms with E-state index in [1.54, 1.807) is 0 Å². The summed E-state index contributed by atoms with van der Waals surface area (Å²) in [6.07, 6.45) is 8.05. The Morgan fingerprint density at radius 1 is 1.58 bits per heavy atom. The van der Waals surface area contributed by atoms with E-state index in [4.69, 9.17) is 11.2 Å². The highest BCUT2D eigenvalue weighted by Gasteiger charge is 2.34. The van der Waals surface area contributed by atoms with Crippen molar-refractivity contribution in [3.63, 3.8) is 0 Å². The maximum Gasteiger partial charge on any atom is 0.330 e. The fourth-order valence-electron chi connectivity index (χ4n) is 2.05. The third-order valence-electron chi connectivity index (χ3n) is 2.99. The molecule has 0 unspecified atom stereocenters. The first kappa shape index (κ1) is 15.3. The van der Waals surface area contributed by atoms with E-state index in [1.165, 1.54) is 16.8 Å². The molecular formula is C14H22N2O3. The van der Waals surface area contributed by atoms with Crippen molar-refractivity contribution in [1.82, 2.24) is 9.55 Å². The molecular weight excluding hydrogens is 244 g/mol. The van der Waals surface area contributed by atoms with Crippen LogP contribution in [-0.4, -0.2) is 15.7 Å². The van der Waals surface area contributed by atoms with Gasteiger partial charge >= 0.3 is 5.69 Å². The molecule has 2 rings (SSSR count). The van der Waals surface area contributed by atoms with Crippen LogP contribution in [0.1, 0.15) is 41.3 Å². The lowest BCUT2D eigenvalue weighted by molar-refractivity contribution is -0.00978. The van der Waals surface area contributed by atoms with Crippen LogP contribution >= 0.6 is 0 Å². The highest BCUT2D eigenvalue weighted by Crippen LogP contribution is 2.33.